The van der Waals surface area contributed by atoms with Gasteiger partial charge in [-0.15, -0.1) is 0 Å². The molecule has 0 fully saturated rings. The van der Waals surface area contributed by atoms with Crippen LogP contribution in [0.25, 0.3) is 11.0 Å². The molecular formula is C13H10N6O2. The zero-order valence-corrected chi connectivity index (χ0v) is 10.7. The van der Waals surface area contributed by atoms with Gasteiger partial charge >= 0.3 is 5.97 Å². The normalized spacial score (nSPS) is 16.7. The molecule has 0 radical (unpaired) electrons. The number of anilines is 1. The van der Waals surface area contributed by atoms with Crippen molar-refractivity contribution in [1.29, 1.82) is 0 Å². The summed E-state index contributed by atoms with van der Waals surface area (Å²) in [5.74, 6) is 0.266. The average molecular weight is 282 g/mol. The Morgan fingerprint density at radius 1 is 1.33 bits per heavy atom. The summed E-state index contributed by atoms with van der Waals surface area (Å²) in [6, 6.07) is 3.11. The number of aromatic nitrogens is 4. The van der Waals surface area contributed by atoms with Crippen molar-refractivity contribution in [3.63, 3.8) is 0 Å². The molecule has 0 bridgehead atoms. The molecule has 1 aliphatic heterocycles. The van der Waals surface area contributed by atoms with Crippen LogP contribution in [-0.2, 0) is 0 Å². The SMILES string of the molecule is O=C(O)c1cnc2c(c1)C(c1nc3ccncc3[nH]1)NN2. The van der Waals surface area contributed by atoms with Crippen LogP contribution in [0.15, 0.2) is 30.7 Å². The number of hydrogen-bond acceptors (Lipinski definition) is 6. The van der Waals surface area contributed by atoms with Crippen molar-refractivity contribution in [2.75, 3.05) is 5.43 Å². The highest BCUT2D eigenvalue weighted by molar-refractivity contribution is 5.88. The predicted octanol–water partition coefficient (Wildman–Crippen LogP) is 1.07. The van der Waals surface area contributed by atoms with Crippen molar-refractivity contribution in [2.24, 2.45) is 0 Å². The van der Waals surface area contributed by atoms with Gasteiger partial charge in [0.2, 0.25) is 0 Å². The first-order chi connectivity index (χ1) is 10.2. The number of carboxylic acids is 1. The number of imidazole rings is 1. The standard InChI is InChI=1S/C13H10N6O2/c20-13(21)6-3-7-10(18-19-11(7)15-4-6)12-16-8-1-2-14-5-9(8)17-12/h1-5,10,18H,(H,15,19)(H,16,17)(H,20,21). The van der Waals surface area contributed by atoms with Gasteiger partial charge in [0.1, 0.15) is 17.7 Å². The zero-order chi connectivity index (χ0) is 14.4. The minimum atomic E-state index is -1.01. The maximum atomic E-state index is 11.1. The van der Waals surface area contributed by atoms with Crippen LogP contribution in [0.1, 0.15) is 27.8 Å². The van der Waals surface area contributed by atoms with Crippen LogP contribution in [0, 0.1) is 0 Å². The van der Waals surface area contributed by atoms with E-state index < -0.39 is 5.97 Å². The Labute approximate surface area is 118 Å². The third-order valence-corrected chi connectivity index (χ3v) is 3.39. The lowest BCUT2D eigenvalue weighted by molar-refractivity contribution is 0.0696. The summed E-state index contributed by atoms with van der Waals surface area (Å²) in [5.41, 5.74) is 8.48. The van der Waals surface area contributed by atoms with Crippen LogP contribution in [-0.4, -0.2) is 31.0 Å². The maximum Gasteiger partial charge on any atom is 0.337 e. The molecule has 104 valence electrons. The lowest BCUT2D eigenvalue weighted by Crippen LogP contribution is -2.20. The minimum absolute atomic E-state index is 0.141. The summed E-state index contributed by atoms with van der Waals surface area (Å²) in [6.07, 6.45) is 4.69. The van der Waals surface area contributed by atoms with E-state index in [9.17, 15) is 4.79 Å². The molecule has 0 aromatic carbocycles. The highest BCUT2D eigenvalue weighted by Crippen LogP contribution is 2.31. The van der Waals surface area contributed by atoms with Crippen LogP contribution in [0.5, 0.6) is 0 Å². The number of rotatable bonds is 2. The molecule has 1 unspecified atom stereocenters. The number of pyridine rings is 2. The fourth-order valence-corrected chi connectivity index (χ4v) is 2.37. The smallest absolute Gasteiger partial charge is 0.337 e. The van der Waals surface area contributed by atoms with Gasteiger partial charge in [-0.25, -0.2) is 20.2 Å². The molecule has 4 N–H and O–H groups in total. The summed E-state index contributed by atoms with van der Waals surface area (Å²) in [7, 11) is 0. The predicted molar refractivity (Wildman–Crippen MR) is 73.7 cm³/mol. The van der Waals surface area contributed by atoms with E-state index in [1.54, 1.807) is 18.5 Å². The first kappa shape index (κ1) is 11.8. The van der Waals surface area contributed by atoms with Crippen LogP contribution >= 0.6 is 0 Å². The van der Waals surface area contributed by atoms with E-state index in [1.165, 1.54) is 6.20 Å². The van der Waals surface area contributed by atoms with Gasteiger partial charge in [-0.1, -0.05) is 0 Å². The molecule has 1 atom stereocenters. The molecular weight excluding hydrogens is 272 g/mol. The fraction of sp³-hybridized carbons (Fsp3) is 0.0769. The molecule has 4 rings (SSSR count). The van der Waals surface area contributed by atoms with Gasteiger partial charge < -0.3 is 15.5 Å². The summed E-state index contributed by atoms with van der Waals surface area (Å²) >= 11 is 0. The first-order valence-corrected chi connectivity index (χ1v) is 6.27. The number of H-pyrrole nitrogens is 1. The van der Waals surface area contributed by atoms with Gasteiger partial charge in [-0.05, 0) is 12.1 Å². The van der Waals surface area contributed by atoms with Gasteiger partial charge in [-0.3, -0.25) is 4.98 Å². The van der Waals surface area contributed by atoms with E-state index in [0.29, 0.717) is 11.6 Å². The number of fused-ring (bicyclic) bond motifs is 2. The Balaban J connectivity index is 1.82. The quantitative estimate of drug-likeness (QED) is 0.555. The average Bonchev–Trinajstić information content (AvgIpc) is 3.09. The molecule has 0 amide bonds. The van der Waals surface area contributed by atoms with E-state index >= 15 is 0 Å². The summed E-state index contributed by atoms with van der Waals surface area (Å²) < 4.78 is 0. The highest BCUT2D eigenvalue weighted by atomic mass is 16.4. The highest BCUT2D eigenvalue weighted by Gasteiger charge is 2.28. The number of aromatic amines is 1. The Morgan fingerprint density at radius 3 is 3.05 bits per heavy atom. The van der Waals surface area contributed by atoms with Crippen molar-refractivity contribution in [2.45, 2.75) is 6.04 Å². The van der Waals surface area contributed by atoms with Gasteiger partial charge in [0, 0.05) is 18.0 Å². The van der Waals surface area contributed by atoms with Crippen molar-refractivity contribution in [1.82, 2.24) is 25.4 Å². The topological polar surface area (TPSA) is 116 Å². The second-order valence-electron chi connectivity index (χ2n) is 4.68. The largest absolute Gasteiger partial charge is 0.478 e. The second kappa shape index (κ2) is 4.25. The Bertz CT molecular complexity index is 826. The summed E-state index contributed by atoms with van der Waals surface area (Å²) in [5, 5.41) is 9.07. The molecule has 0 aliphatic carbocycles. The monoisotopic (exact) mass is 282 g/mol. The number of aromatic carboxylic acids is 1. The Morgan fingerprint density at radius 2 is 2.24 bits per heavy atom. The molecule has 0 spiro atoms. The van der Waals surface area contributed by atoms with E-state index in [0.717, 1.165) is 16.6 Å². The molecule has 1 aliphatic rings. The summed E-state index contributed by atoms with van der Waals surface area (Å²) in [6.45, 7) is 0. The van der Waals surface area contributed by atoms with Crippen LogP contribution in [0.3, 0.4) is 0 Å². The number of carboxylic acid groups (broad SMARTS) is 1. The van der Waals surface area contributed by atoms with Crippen LogP contribution in [0.4, 0.5) is 5.82 Å². The van der Waals surface area contributed by atoms with Gasteiger partial charge in [-0.2, -0.15) is 0 Å². The third kappa shape index (κ3) is 1.81. The van der Waals surface area contributed by atoms with E-state index in [2.05, 4.69) is 30.8 Å². The van der Waals surface area contributed by atoms with E-state index in [1.807, 2.05) is 6.07 Å². The van der Waals surface area contributed by atoms with Gasteiger partial charge in [0.25, 0.3) is 0 Å². The number of carbonyl (C=O) groups is 1. The number of hydrazine groups is 1. The molecule has 8 heteroatoms. The van der Waals surface area contributed by atoms with Crippen molar-refractivity contribution < 1.29 is 9.90 Å². The van der Waals surface area contributed by atoms with Crippen molar-refractivity contribution in [3.05, 3.63) is 47.7 Å². The lowest BCUT2D eigenvalue weighted by Gasteiger charge is -2.07. The lowest BCUT2D eigenvalue weighted by atomic mass is 10.1. The molecule has 0 saturated carbocycles. The number of hydrogen-bond donors (Lipinski definition) is 4. The Hall–Kier alpha value is -3.00. The molecule has 0 saturated heterocycles. The molecule has 3 aromatic rings. The summed E-state index contributed by atoms with van der Waals surface area (Å²) in [4.78, 5) is 26.9. The fourth-order valence-electron chi connectivity index (χ4n) is 2.37. The van der Waals surface area contributed by atoms with Crippen molar-refractivity contribution in [3.8, 4) is 0 Å². The Kier molecular flexibility index (Phi) is 2.39. The van der Waals surface area contributed by atoms with Crippen molar-refractivity contribution >= 4 is 22.8 Å². The first-order valence-electron chi connectivity index (χ1n) is 6.27. The van der Waals surface area contributed by atoms with Gasteiger partial charge in [0.15, 0.2) is 0 Å². The molecule has 21 heavy (non-hydrogen) atoms. The minimum Gasteiger partial charge on any atom is -0.478 e. The maximum absolute atomic E-state index is 11.1. The molecule has 3 aromatic heterocycles. The van der Waals surface area contributed by atoms with Crippen LogP contribution in [0.2, 0.25) is 0 Å². The number of nitrogens with zero attached hydrogens (tertiary/aromatic N) is 3. The van der Waals surface area contributed by atoms with E-state index in [-0.39, 0.29) is 11.6 Å². The zero-order valence-electron chi connectivity index (χ0n) is 10.7. The molecule has 8 nitrogen and oxygen atoms in total. The van der Waals surface area contributed by atoms with Crippen LogP contribution < -0.4 is 10.9 Å². The number of nitrogens with one attached hydrogen (secondary N) is 3. The third-order valence-electron chi connectivity index (χ3n) is 3.39. The molecule has 4 heterocycles. The van der Waals surface area contributed by atoms with E-state index in [4.69, 9.17) is 5.11 Å². The van der Waals surface area contributed by atoms with Gasteiger partial charge in [0.05, 0.1) is 22.8 Å². The second-order valence-corrected chi connectivity index (χ2v) is 4.68.